The maximum atomic E-state index is 14.1. The van der Waals surface area contributed by atoms with Gasteiger partial charge < -0.3 is 10.4 Å². The van der Waals surface area contributed by atoms with E-state index in [1.165, 1.54) is 12.1 Å². The molecule has 0 saturated heterocycles. The first-order chi connectivity index (χ1) is 16.9. The molecule has 172 valence electrons. The van der Waals surface area contributed by atoms with Gasteiger partial charge in [-0.05, 0) is 41.8 Å². The number of carboxylic acids is 1. The van der Waals surface area contributed by atoms with Crippen LogP contribution < -0.4 is 5.32 Å². The van der Waals surface area contributed by atoms with Crippen LogP contribution in [0, 0.1) is 17.1 Å². The quantitative estimate of drug-likeness (QED) is 0.378. The van der Waals surface area contributed by atoms with Crippen LogP contribution in [0.25, 0.3) is 33.3 Å². The standard InChI is InChI=1S/C28H21FN4O2/c1-16(28(34)35)32-27-22-14-21(29)10-11-23(22)33-26(25(27)24-15-31-24)20-8-6-19(7-9-20)18-4-2-17(3-5-18)12-13-30/h2-11,14,16H,12,15H2,1H3,(H,32,33)(H,34,35). The smallest absolute Gasteiger partial charge is 0.325 e. The van der Waals surface area contributed by atoms with Crippen molar-refractivity contribution in [3.8, 4) is 28.5 Å². The molecule has 0 aliphatic carbocycles. The molecule has 1 unspecified atom stereocenters. The Morgan fingerprint density at radius 2 is 1.71 bits per heavy atom. The highest BCUT2D eigenvalue weighted by molar-refractivity contribution is 6.21. The number of hydrogen-bond acceptors (Lipinski definition) is 5. The Morgan fingerprint density at radius 3 is 2.31 bits per heavy atom. The molecule has 2 heterocycles. The fourth-order valence-corrected chi connectivity index (χ4v) is 4.08. The number of nitrogens with zero attached hydrogens (tertiary/aromatic N) is 3. The summed E-state index contributed by atoms with van der Waals surface area (Å²) in [6.45, 7) is 2.07. The summed E-state index contributed by atoms with van der Waals surface area (Å²) in [4.78, 5) is 20.8. The summed E-state index contributed by atoms with van der Waals surface area (Å²) in [5.74, 6) is -1.44. The number of benzene rings is 3. The van der Waals surface area contributed by atoms with Crippen molar-refractivity contribution >= 4 is 28.3 Å². The number of nitrogens with one attached hydrogen (secondary N) is 1. The summed E-state index contributed by atoms with van der Waals surface area (Å²) in [5, 5.41) is 21.9. The molecule has 0 amide bonds. The molecule has 6 nitrogen and oxygen atoms in total. The van der Waals surface area contributed by atoms with Gasteiger partial charge in [0.2, 0.25) is 0 Å². The third kappa shape index (κ3) is 4.46. The van der Waals surface area contributed by atoms with Gasteiger partial charge in [0.05, 0.1) is 41.6 Å². The average molecular weight is 465 g/mol. The third-order valence-corrected chi connectivity index (χ3v) is 6.01. The normalized spacial score (nSPS) is 13.1. The van der Waals surface area contributed by atoms with Crippen molar-refractivity contribution in [1.29, 1.82) is 5.26 Å². The van der Waals surface area contributed by atoms with E-state index in [0.717, 1.165) is 28.0 Å². The maximum Gasteiger partial charge on any atom is 0.325 e. The molecule has 3 aromatic carbocycles. The monoisotopic (exact) mass is 464 g/mol. The third-order valence-electron chi connectivity index (χ3n) is 6.01. The van der Waals surface area contributed by atoms with Gasteiger partial charge in [-0.15, -0.1) is 0 Å². The Morgan fingerprint density at radius 1 is 1.09 bits per heavy atom. The molecule has 0 saturated carbocycles. The van der Waals surface area contributed by atoms with Gasteiger partial charge in [-0.2, -0.15) is 5.26 Å². The van der Waals surface area contributed by atoms with Crippen molar-refractivity contribution in [2.24, 2.45) is 4.99 Å². The predicted molar refractivity (Wildman–Crippen MR) is 134 cm³/mol. The second-order valence-corrected chi connectivity index (χ2v) is 8.45. The highest BCUT2D eigenvalue weighted by Crippen LogP contribution is 2.38. The predicted octanol–water partition coefficient (Wildman–Crippen LogP) is 5.46. The van der Waals surface area contributed by atoms with Gasteiger partial charge in [0.1, 0.15) is 11.9 Å². The lowest BCUT2D eigenvalue weighted by Crippen LogP contribution is -2.26. The average Bonchev–Trinajstić information content (AvgIpc) is 3.70. The minimum absolute atomic E-state index is 0.375. The van der Waals surface area contributed by atoms with E-state index < -0.39 is 17.8 Å². The number of aliphatic carboxylic acids is 1. The molecular weight excluding hydrogens is 443 g/mol. The van der Waals surface area contributed by atoms with Crippen molar-refractivity contribution < 1.29 is 14.3 Å². The zero-order chi connectivity index (χ0) is 24.5. The first-order valence-corrected chi connectivity index (χ1v) is 11.2. The first kappa shape index (κ1) is 22.2. The second-order valence-electron chi connectivity index (χ2n) is 8.45. The zero-order valence-corrected chi connectivity index (χ0v) is 18.9. The van der Waals surface area contributed by atoms with Gasteiger partial charge in [-0.25, -0.2) is 9.37 Å². The summed E-state index contributed by atoms with van der Waals surface area (Å²) in [6.07, 6.45) is 0.375. The second kappa shape index (κ2) is 8.99. The molecule has 35 heavy (non-hydrogen) atoms. The van der Waals surface area contributed by atoms with Crippen LogP contribution in [-0.2, 0) is 11.2 Å². The summed E-state index contributed by atoms with van der Waals surface area (Å²) in [5.41, 5.74) is 7.10. The van der Waals surface area contributed by atoms with Crippen LogP contribution in [0.5, 0.6) is 0 Å². The van der Waals surface area contributed by atoms with E-state index in [2.05, 4.69) is 16.4 Å². The van der Waals surface area contributed by atoms with Gasteiger partial charge in [0.15, 0.2) is 0 Å². The Kier molecular flexibility index (Phi) is 5.71. The lowest BCUT2D eigenvalue weighted by atomic mass is 9.96. The maximum absolute atomic E-state index is 14.1. The minimum Gasteiger partial charge on any atom is -0.480 e. The number of carboxylic acid groups (broad SMARTS) is 1. The largest absolute Gasteiger partial charge is 0.480 e. The molecule has 1 aliphatic heterocycles. The SMILES string of the molecule is CC(Nc1c(C2=NC2)c(-c2ccc(-c3ccc(CC#N)cc3)cc2)nc2ccc(F)cc12)C(=O)O. The number of fused-ring (bicyclic) bond motifs is 1. The zero-order valence-electron chi connectivity index (χ0n) is 18.9. The first-order valence-electron chi connectivity index (χ1n) is 11.2. The van der Waals surface area contributed by atoms with Crippen LogP contribution in [-0.4, -0.2) is 34.4 Å². The number of hydrogen-bond donors (Lipinski definition) is 2. The van der Waals surface area contributed by atoms with E-state index in [-0.39, 0.29) is 0 Å². The number of carbonyl (C=O) groups is 1. The summed E-state index contributed by atoms with van der Waals surface area (Å²) >= 11 is 0. The lowest BCUT2D eigenvalue weighted by molar-refractivity contribution is -0.137. The topological polar surface area (TPSA) is 98.4 Å². The molecule has 0 radical (unpaired) electrons. The Bertz CT molecular complexity index is 1520. The van der Waals surface area contributed by atoms with Gasteiger partial charge >= 0.3 is 5.97 Å². The molecule has 5 rings (SSSR count). The number of pyridine rings is 1. The van der Waals surface area contributed by atoms with Crippen molar-refractivity contribution in [2.75, 3.05) is 11.9 Å². The molecule has 1 aliphatic rings. The molecule has 0 spiro atoms. The molecule has 2 N–H and O–H groups in total. The minimum atomic E-state index is -1.01. The molecule has 4 aromatic rings. The van der Waals surface area contributed by atoms with Crippen LogP contribution in [0.1, 0.15) is 18.1 Å². The van der Waals surface area contributed by atoms with Crippen LogP contribution in [0.3, 0.4) is 0 Å². The van der Waals surface area contributed by atoms with Gasteiger partial charge in [-0.3, -0.25) is 9.79 Å². The van der Waals surface area contributed by atoms with Crippen LogP contribution in [0.2, 0.25) is 0 Å². The Balaban J connectivity index is 1.61. The van der Waals surface area contributed by atoms with Gasteiger partial charge in [-0.1, -0.05) is 48.5 Å². The summed E-state index contributed by atoms with van der Waals surface area (Å²) in [7, 11) is 0. The van der Waals surface area contributed by atoms with E-state index in [4.69, 9.17) is 10.2 Å². The summed E-state index contributed by atoms with van der Waals surface area (Å²) < 4.78 is 14.1. The Labute approximate surface area is 201 Å². The molecule has 0 fully saturated rings. The number of rotatable bonds is 7. The van der Waals surface area contributed by atoms with Crippen molar-refractivity contribution in [2.45, 2.75) is 19.4 Å². The number of aliphatic imine (C=N–C) groups is 1. The lowest BCUT2D eigenvalue weighted by Gasteiger charge is -2.19. The van der Waals surface area contributed by atoms with Crippen LogP contribution in [0.4, 0.5) is 10.1 Å². The number of anilines is 1. The van der Waals surface area contributed by atoms with Crippen LogP contribution >= 0.6 is 0 Å². The number of halogens is 1. The number of nitriles is 1. The van der Waals surface area contributed by atoms with E-state index >= 15 is 0 Å². The highest BCUT2D eigenvalue weighted by atomic mass is 19.1. The fraction of sp³-hybridized carbons (Fsp3) is 0.143. The fourth-order valence-electron chi connectivity index (χ4n) is 4.08. The van der Waals surface area contributed by atoms with Crippen molar-refractivity contribution in [3.63, 3.8) is 0 Å². The summed E-state index contributed by atoms with van der Waals surface area (Å²) in [6, 6.07) is 21.4. The molecule has 7 heteroatoms. The van der Waals surface area contributed by atoms with Crippen molar-refractivity contribution in [1.82, 2.24) is 4.98 Å². The van der Waals surface area contributed by atoms with E-state index in [0.29, 0.717) is 40.8 Å². The van der Waals surface area contributed by atoms with Crippen molar-refractivity contribution in [3.05, 3.63) is 83.7 Å². The van der Waals surface area contributed by atoms with E-state index in [1.807, 2.05) is 48.5 Å². The van der Waals surface area contributed by atoms with Crippen LogP contribution in [0.15, 0.2) is 71.7 Å². The van der Waals surface area contributed by atoms with Gasteiger partial charge in [0.25, 0.3) is 0 Å². The molecular formula is C28H21FN4O2. The molecule has 1 atom stereocenters. The van der Waals surface area contributed by atoms with Gasteiger partial charge in [0, 0.05) is 16.5 Å². The molecule has 1 aromatic heterocycles. The highest BCUT2D eigenvalue weighted by Gasteiger charge is 2.27. The number of aromatic nitrogens is 1. The Hall–Kier alpha value is -4.57. The van der Waals surface area contributed by atoms with E-state index in [9.17, 15) is 14.3 Å². The molecule has 0 bridgehead atoms. The van der Waals surface area contributed by atoms with E-state index in [1.54, 1.807) is 13.0 Å².